The molecule has 1 saturated carbocycles. The molecular formula is C32H38Cl2FN3O4. The van der Waals surface area contributed by atoms with Crippen molar-refractivity contribution >= 4 is 40.6 Å². The average molecular weight is 619 g/mol. The Morgan fingerprint density at radius 3 is 2.62 bits per heavy atom. The van der Waals surface area contributed by atoms with Gasteiger partial charge in [0.1, 0.15) is 16.4 Å². The third kappa shape index (κ3) is 4.69. The molecule has 2 spiro atoms. The van der Waals surface area contributed by atoms with E-state index in [-0.39, 0.29) is 51.3 Å². The number of aliphatic hydroxyl groups excluding tert-OH is 1. The number of fused-ring (bicyclic) bond motifs is 3. The minimum absolute atomic E-state index is 0.0397. The molecule has 1 aliphatic carbocycles. The second-order valence-electron chi connectivity index (χ2n) is 13.5. The Morgan fingerprint density at radius 2 is 1.95 bits per heavy atom. The summed E-state index contributed by atoms with van der Waals surface area (Å²) in [6, 6.07) is 5.58. The number of ether oxygens (including phenoxy) is 1. The Morgan fingerprint density at radius 1 is 1.21 bits per heavy atom. The van der Waals surface area contributed by atoms with E-state index in [1.807, 2.05) is 0 Å². The molecule has 1 aromatic carbocycles. The van der Waals surface area contributed by atoms with Crippen molar-refractivity contribution in [3.05, 3.63) is 57.6 Å². The zero-order valence-corrected chi connectivity index (χ0v) is 25.7. The van der Waals surface area contributed by atoms with Crippen LogP contribution in [0, 0.1) is 17.2 Å². The van der Waals surface area contributed by atoms with E-state index >= 15 is 4.39 Å². The van der Waals surface area contributed by atoms with E-state index in [4.69, 9.17) is 27.9 Å². The summed E-state index contributed by atoms with van der Waals surface area (Å²) >= 11 is 12.6. The maximum absolute atomic E-state index is 16.1. The number of carbonyl (C=O) groups is 2. The number of nitrogens with zero attached hydrogens (tertiary/aromatic N) is 1. The van der Waals surface area contributed by atoms with Crippen molar-refractivity contribution in [1.29, 1.82) is 0 Å². The molecule has 0 bridgehead atoms. The summed E-state index contributed by atoms with van der Waals surface area (Å²) in [5.74, 6) is -1.91. The number of benzene rings is 1. The van der Waals surface area contributed by atoms with Gasteiger partial charge in [0.2, 0.25) is 5.91 Å². The van der Waals surface area contributed by atoms with Crippen molar-refractivity contribution in [2.45, 2.75) is 101 Å². The van der Waals surface area contributed by atoms with Crippen LogP contribution < -0.4 is 10.6 Å². The lowest BCUT2D eigenvalue weighted by Gasteiger charge is -2.50. The van der Waals surface area contributed by atoms with Crippen LogP contribution in [0.3, 0.4) is 0 Å². The molecular weight excluding hydrogens is 580 g/mol. The van der Waals surface area contributed by atoms with E-state index in [1.54, 1.807) is 31.3 Å². The molecule has 7 nitrogen and oxygen atoms in total. The Balaban J connectivity index is 1.49. The summed E-state index contributed by atoms with van der Waals surface area (Å²) in [6.45, 7) is 6.50. The Kier molecular flexibility index (Phi) is 7.71. The Bertz CT molecular complexity index is 1400. The zero-order chi connectivity index (χ0) is 30.0. The first-order chi connectivity index (χ1) is 19.9. The average Bonchev–Trinajstić information content (AvgIpc) is 3.40. The number of aliphatic hydroxyl groups is 1. The fourth-order valence-electron chi connectivity index (χ4n) is 8.13. The Labute approximate surface area is 255 Å². The summed E-state index contributed by atoms with van der Waals surface area (Å²) in [5.41, 5.74) is -0.678. The summed E-state index contributed by atoms with van der Waals surface area (Å²) in [4.78, 5) is 33.3. The van der Waals surface area contributed by atoms with Gasteiger partial charge in [0.15, 0.2) is 5.78 Å². The minimum Gasteiger partial charge on any atom is -0.391 e. The van der Waals surface area contributed by atoms with Crippen molar-refractivity contribution in [2.75, 3.05) is 11.9 Å². The van der Waals surface area contributed by atoms with Gasteiger partial charge < -0.3 is 15.2 Å². The number of anilines is 1. The molecule has 2 saturated heterocycles. The SMILES string of the molecule is C[C@@H](O)[C@@H]1CCC(CC(=O)[C@@H]2NC3(CCC(C)(C)CC3)[C@]3(C(=O)Nc4cc(Cl)ncc43)[C@H]2c2cccc(Cl)c2F)CO1. The smallest absolute Gasteiger partial charge is 0.237 e. The van der Waals surface area contributed by atoms with Gasteiger partial charge >= 0.3 is 0 Å². The van der Waals surface area contributed by atoms with Crippen LogP contribution in [0.25, 0.3) is 0 Å². The Hall–Kier alpha value is -2.10. The van der Waals surface area contributed by atoms with Crippen molar-refractivity contribution in [1.82, 2.24) is 10.3 Å². The van der Waals surface area contributed by atoms with E-state index in [0.717, 1.165) is 19.3 Å². The molecule has 6 atom stereocenters. The van der Waals surface area contributed by atoms with Gasteiger partial charge in [-0.3, -0.25) is 14.9 Å². The topological polar surface area (TPSA) is 101 Å². The summed E-state index contributed by atoms with van der Waals surface area (Å²) < 4.78 is 21.9. The number of halogens is 3. The molecule has 3 N–H and O–H groups in total. The monoisotopic (exact) mass is 617 g/mol. The van der Waals surface area contributed by atoms with Crippen LogP contribution in [0.2, 0.25) is 10.2 Å². The number of pyridine rings is 1. The molecule has 3 fully saturated rings. The summed E-state index contributed by atoms with van der Waals surface area (Å²) in [7, 11) is 0. The first-order valence-corrected chi connectivity index (χ1v) is 15.7. The standard InChI is InChI=1S/C32H38Cl2FN3O4/c1-17(39)24-8-7-18(16-42-24)13-23(40)28-26(19-5-4-6-21(33)27(19)35)32(31(38-28)11-9-30(2,3)10-12-31)20-15-36-25(34)14-22(20)37-29(32)41/h4-6,14-15,17-18,24,26,28,38-39H,7-13,16H2,1-3H3,(H,37,41)/t17-,18?,24+,26+,28+,32+/m1/s1. The van der Waals surface area contributed by atoms with Gasteiger partial charge in [0.25, 0.3) is 0 Å². The third-order valence-corrected chi connectivity index (χ3v) is 10.9. The molecule has 1 amide bonds. The van der Waals surface area contributed by atoms with Crippen molar-refractivity contribution < 1.29 is 23.8 Å². The molecule has 4 heterocycles. The van der Waals surface area contributed by atoms with Crippen LogP contribution in [-0.4, -0.2) is 52.2 Å². The predicted octanol–water partition coefficient (Wildman–Crippen LogP) is 5.95. The van der Waals surface area contributed by atoms with Crippen molar-refractivity contribution in [3.63, 3.8) is 0 Å². The van der Waals surface area contributed by atoms with Gasteiger partial charge in [-0.15, -0.1) is 0 Å². The normalized spacial score (nSPS) is 32.1. The maximum Gasteiger partial charge on any atom is 0.237 e. The molecule has 3 aliphatic heterocycles. The molecule has 42 heavy (non-hydrogen) atoms. The first kappa shape index (κ1) is 29.9. The lowest BCUT2D eigenvalue weighted by molar-refractivity contribution is -0.125. The molecule has 6 rings (SSSR count). The zero-order valence-electron chi connectivity index (χ0n) is 24.2. The van der Waals surface area contributed by atoms with Crippen LogP contribution in [-0.2, 0) is 19.7 Å². The maximum atomic E-state index is 16.1. The van der Waals surface area contributed by atoms with Crippen LogP contribution >= 0.6 is 23.2 Å². The van der Waals surface area contributed by atoms with Gasteiger partial charge in [-0.25, -0.2) is 9.37 Å². The molecule has 226 valence electrons. The molecule has 0 radical (unpaired) electrons. The highest BCUT2D eigenvalue weighted by Gasteiger charge is 2.73. The number of Topliss-reactive ketones (excluding diaryl/α,β-unsaturated/α-hetero) is 1. The van der Waals surface area contributed by atoms with Crippen LogP contribution in [0.4, 0.5) is 10.1 Å². The molecule has 1 unspecified atom stereocenters. The second kappa shape index (κ2) is 10.8. The summed E-state index contributed by atoms with van der Waals surface area (Å²) in [6.07, 6.45) is 5.31. The van der Waals surface area contributed by atoms with E-state index in [9.17, 15) is 14.7 Å². The number of ketones is 1. The van der Waals surface area contributed by atoms with E-state index in [1.165, 1.54) is 6.07 Å². The van der Waals surface area contributed by atoms with E-state index < -0.39 is 34.8 Å². The van der Waals surface area contributed by atoms with Crippen molar-refractivity contribution in [2.24, 2.45) is 11.3 Å². The highest BCUT2D eigenvalue weighted by atomic mass is 35.5. The molecule has 4 aliphatic rings. The third-order valence-electron chi connectivity index (χ3n) is 10.4. The van der Waals surface area contributed by atoms with E-state index in [2.05, 4.69) is 29.5 Å². The number of hydrogen-bond acceptors (Lipinski definition) is 6. The van der Waals surface area contributed by atoms with Crippen LogP contribution in [0.1, 0.15) is 82.8 Å². The summed E-state index contributed by atoms with van der Waals surface area (Å²) in [5, 5.41) is 16.9. The van der Waals surface area contributed by atoms with Gasteiger partial charge in [-0.2, -0.15) is 0 Å². The highest BCUT2D eigenvalue weighted by Crippen LogP contribution is 2.64. The van der Waals surface area contributed by atoms with Gasteiger partial charge in [0, 0.05) is 35.3 Å². The number of rotatable bonds is 5. The van der Waals surface area contributed by atoms with Crippen molar-refractivity contribution in [3.8, 4) is 0 Å². The number of nitrogens with one attached hydrogen (secondary N) is 2. The lowest BCUT2D eigenvalue weighted by Crippen LogP contribution is -2.61. The first-order valence-electron chi connectivity index (χ1n) is 14.9. The van der Waals surface area contributed by atoms with Crippen LogP contribution in [0.15, 0.2) is 30.5 Å². The highest BCUT2D eigenvalue weighted by molar-refractivity contribution is 6.31. The van der Waals surface area contributed by atoms with Crippen LogP contribution in [0.5, 0.6) is 0 Å². The number of aromatic nitrogens is 1. The van der Waals surface area contributed by atoms with Gasteiger partial charge in [0.05, 0.1) is 29.9 Å². The van der Waals surface area contributed by atoms with Gasteiger partial charge in [-0.1, -0.05) is 49.2 Å². The quantitative estimate of drug-likeness (QED) is 0.359. The number of amides is 1. The fourth-order valence-corrected chi connectivity index (χ4v) is 8.47. The van der Waals surface area contributed by atoms with E-state index in [0.29, 0.717) is 37.1 Å². The minimum atomic E-state index is -1.32. The number of carbonyl (C=O) groups excluding carboxylic acids is 2. The fraction of sp³-hybridized carbons (Fsp3) is 0.594. The van der Waals surface area contributed by atoms with Gasteiger partial charge in [-0.05, 0) is 74.5 Å². The predicted molar refractivity (Wildman–Crippen MR) is 159 cm³/mol. The second-order valence-corrected chi connectivity index (χ2v) is 14.3. The lowest BCUT2D eigenvalue weighted by atomic mass is 9.53. The molecule has 1 aromatic heterocycles. The largest absolute Gasteiger partial charge is 0.391 e. The number of hydrogen-bond donors (Lipinski definition) is 3. The molecule has 2 aromatic rings. The molecule has 10 heteroatoms.